The number of rotatable bonds is 1. The minimum absolute atomic E-state index is 0.200. The van der Waals surface area contributed by atoms with Crippen LogP contribution in [0.4, 0.5) is 35.1 Å². The number of hydrogen-bond acceptors (Lipinski definition) is 1. The molecule has 0 N–H and O–H groups in total. The highest BCUT2D eigenvalue weighted by molar-refractivity contribution is 5.71. The number of aromatic nitrogens is 2. The van der Waals surface area contributed by atoms with Crippen molar-refractivity contribution < 1.29 is 35.1 Å². The molecule has 1 aliphatic rings. The first-order chi connectivity index (χ1) is 9.27. The van der Waals surface area contributed by atoms with Crippen LogP contribution in [0.3, 0.4) is 0 Å². The standard InChI is InChI=1S/C11H8F8N2/c1-5-4-20-7(21(5)2)6-3-8(12,13)10(16,17)11(18,19)9(6,14)15/h3-4H,1-2H3. The third-order valence-corrected chi connectivity index (χ3v) is 3.33. The molecule has 2 rings (SSSR count). The molecule has 1 aromatic heterocycles. The molecule has 0 saturated carbocycles. The third kappa shape index (κ3) is 1.73. The summed E-state index contributed by atoms with van der Waals surface area (Å²) in [5, 5.41) is 0. The molecule has 0 unspecified atom stereocenters. The van der Waals surface area contributed by atoms with Gasteiger partial charge in [-0.3, -0.25) is 0 Å². The number of alkyl halides is 8. The van der Waals surface area contributed by atoms with Crippen molar-refractivity contribution in [1.29, 1.82) is 0 Å². The fourth-order valence-electron chi connectivity index (χ4n) is 1.89. The first-order valence-electron chi connectivity index (χ1n) is 5.50. The molecule has 1 aliphatic carbocycles. The van der Waals surface area contributed by atoms with Gasteiger partial charge < -0.3 is 4.57 Å². The van der Waals surface area contributed by atoms with E-state index < -0.39 is 41.2 Å². The molecule has 10 heteroatoms. The number of imidazole rings is 1. The number of allylic oxidation sites excluding steroid dienone is 2. The van der Waals surface area contributed by atoms with E-state index in [4.69, 9.17) is 0 Å². The van der Waals surface area contributed by atoms with Gasteiger partial charge in [0.05, 0.1) is 5.57 Å². The zero-order chi connectivity index (χ0) is 16.4. The number of aryl methyl sites for hydroxylation is 1. The van der Waals surface area contributed by atoms with Gasteiger partial charge in [-0.2, -0.15) is 35.1 Å². The zero-order valence-corrected chi connectivity index (χ0v) is 10.6. The smallest absolute Gasteiger partial charge is 0.332 e. The second-order valence-corrected chi connectivity index (χ2v) is 4.69. The molecule has 0 aliphatic heterocycles. The molecule has 0 bridgehead atoms. The average Bonchev–Trinajstić information content (AvgIpc) is 2.65. The van der Waals surface area contributed by atoms with Crippen LogP contribution in [-0.4, -0.2) is 33.2 Å². The van der Waals surface area contributed by atoms with Crippen LogP contribution >= 0.6 is 0 Å². The van der Waals surface area contributed by atoms with E-state index in [0.29, 0.717) is 0 Å². The van der Waals surface area contributed by atoms with Crippen LogP contribution in [-0.2, 0) is 7.05 Å². The Morgan fingerprint density at radius 3 is 1.90 bits per heavy atom. The van der Waals surface area contributed by atoms with Gasteiger partial charge in [-0.1, -0.05) is 0 Å². The van der Waals surface area contributed by atoms with Crippen LogP contribution in [0.15, 0.2) is 12.3 Å². The Hall–Kier alpha value is -1.61. The van der Waals surface area contributed by atoms with Gasteiger partial charge in [-0.25, -0.2) is 4.98 Å². The summed E-state index contributed by atoms with van der Waals surface area (Å²) in [4.78, 5) is 3.32. The summed E-state index contributed by atoms with van der Waals surface area (Å²) in [5.74, 6) is -24.3. The molecule has 1 aromatic rings. The SMILES string of the molecule is Cc1cnc(C2=CC(F)(F)C(F)(F)C(F)(F)C2(F)F)n1C. The second kappa shape index (κ2) is 3.98. The van der Waals surface area contributed by atoms with Crippen molar-refractivity contribution >= 4 is 5.57 Å². The van der Waals surface area contributed by atoms with Gasteiger partial charge in [0.1, 0.15) is 5.82 Å². The van der Waals surface area contributed by atoms with Gasteiger partial charge in [0, 0.05) is 25.0 Å². The summed E-state index contributed by atoms with van der Waals surface area (Å²) >= 11 is 0. The van der Waals surface area contributed by atoms with Crippen LogP contribution in [0, 0.1) is 6.92 Å². The molecule has 0 fully saturated rings. The molecule has 0 saturated heterocycles. The predicted octanol–water partition coefficient (Wildman–Crippen LogP) is 3.67. The Kier molecular flexibility index (Phi) is 2.99. The summed E-state index contributed by atoms with van der Waals surface area (Å²) in [6.07, 6.45) is 0.126. The Balaban J connectivity index is 2.77. The minimum Gasteiger partial charge on any atom is -0.332 e. The molecule has 118 valence electrons. The summed E-state index contributed by atoms with van der Waals surface area (Å²) in [7, 11) is 1.11. The Bertz CT molecular complexity index is 614. The van der Waals surface area contributed by atoms with Gasteiger partial charge in [0.2, 0.25) is 0 Å². The van der Waals surface area contributed by atoms with Gasteiger partial charge in [0.25, 0.3) is 0 Å². The monoisotopic (exact) mass is 320 g/mol. The van der Waals surface area contributed by atoms with E-state index >= 15 is 0 Å². The van der Waals surface area contributed by atoms with Gasteiger partial charge in [-0.15, -0.1) is 0 Å². The molecule has 0 atom stereocenters. The average molecular weight is 320 g/mol. The number of halogens is 8. The van der Waals surface area contributed by atoms with Crippen molar-refractivity contribution in [2.75, 3.05) is 0 Å². The van der Waals surface area contributed by atoms with Crippen molar-refractivity contribution in [1.82, 2.24) is 9.55 Å². The van der Waals surface area contributed by atoms with Crippen LogP contribution in [0.1, 0.15) is 11.5 Å². The van der Waals surface area contributed by atoms with Crippen molar-refractivity contribution in [2.24, 2.45) is 7.05 Å². The van der Waals surface area contributed by atoms with E-state index in [1.165, 1.54) is 6.92 Å². The maximum Gasteiger partial charge on any atom is 0.383 e. The Morgan fingerprint density at radius 1 is 0.952 bits per heavy atom. The van der Waals surface area contributed by atoms with Gasteiger partial charge in [0.15, 0.2) is 0 Å². The van der Waals surface area contributed by atoms with Crippen molar-refractivity contribution in [3.63, 3.8) is 0 Å². The number of hydrogen-bond donors (Lipinski definition) is 0. The van der Waals surface area contributed by atoms with Gasteiger partial charge >= 0.3 is 23.7 Å². The highest BCUT2D eigenvalue weighted by atomic mass is 19.4. The van der Waals surface area contributed by atoms with Gasteiger partial charge in [-0.05, 0) is 6.92 Å². The highest BCUT2D eigenvalue weighted by Crippen LogP contribution is 2.60. The largest absolute Gasteiger partial charge is 0.383 e. The molecular formula is C11H8F8N2. The summed E-state index contributed by atoms with van der Waals surface area (Å²) in [6.45, 7) is 1.35. The lowest BCUT2D eigenvalue weighted by Crippen LogP contribution is -2.65. The molecule has 0 aromatic carbocycles. The van der Waals surface area contributed by atoms with Crippen LogP contribution < -0.4 is 0 Å². The first-order valence-corrected chi connectivity index (χ1v) is 5.50. The lowest BCUT2D eigenvalue weighted by molar-refractivity contribution is -0.348. The number of nitrogens with zero attached hydrogens (tertiary/aromatic N) is 2. The topological polar surface area (TPSA) is 17.8 Å². The van der Waals surface area contributed by atoms with Crippen molar-refractivity contribution in [3.05, 3.63) is 23.8 Å². The molecule has 0 spiro atoms. The lowest BCUT2D eigenvalue weighted by Gasteiger charge is -2.40. The van der Waals surface area contributed by atoms with E-state index in [1.807, 2.05) is 0 Å². The van der Waals surface area contributed by atoms with E-state index in [9.17, 15) is 35.1 Å². The summed E-state index contributed by atoms with van der Waals surface area (Å²) < 4.78 is 107. The minimum atomic E-state index is -6.26. The lowest BCUT2D eigenvalue weighted by atomic mass is 9.85. The van der Waals surface area contributed by atoms with E-state index in [0.717, 1.165) is 17.8 Å². The molecular weight excluding hydrogens is 312 g/mol. The highest BCUT2D eigenvalue weighted by Gasteiger charge is 2.84. The van der Waals surface area contributed by atoms with E-state index in [-0.39, 0.29) is 5.69 Å². The van der Waals surface area contributed by atoms with Crippen LogP contribution in [0.25, 0.3) is 5.57 Å². The molecule has 0 amide bonds. The first kappa shape index (κ1) is 15.8. The van der Waals surface area contributed by atoms with E-state index in [2.05, 4.69) is 4.98 Å². The Morgan fingerprint density at radius 2 is 1.48 bits per heavy atom. The van der Waals surface area contributed by atoms with Crippen molar-refractivity contribution in [2.45, 2.75) is 30.6 Å². The van der Waals surface area contributed by atoms with E-state index in [1.54, 1.807) is 0 Å². The normalized spacial score (nSPS) is 25.5. The second-order valence-electron chi connectivity index (χ2n) is 4.69. The molecule has 0 radical (unpaired) electrons. The van der Waals surface area contributed by atoms with Crippen LogP contribution in [0.2, 0.25) is 0 Å². The molecule has 2 nitrogen and oxygen atoms in total. The zero-order valence-electron chi connectivity index (χ0n) is 10.6. The Labute approximate surface area is 113 Å². The summed E-state index contributed by atoms with van der Waals surface area (Å²) in [5.41, 5.74) is -1.73. The fourth-order valence-corrected chi connectivity index (χ4v) is 1.89. The molecule has 1 heterocycles. The fraction of sp³-hybridized carbons (Fsp3) is 0.545. The maximum absolute atomic E-state index is 13.7. The third-order valence-electron chi connectivity index (χ3n) is 3.33. The maximum atomic E-state index is 13.7. The van der Waals surface area contributed by atoms with Crippen LogP contribution in [0.5, 0.6) is 0 Å². The van der Waals surface area contributed by atoms with Crippen molar-refractivity contribution in [3.8, 4) is 0 Å². The predicted molar refractivity (Wildman–Crippen MR) is 55.7 cm³/mol. The summed E-state index contributed by atoms with van der Waals surface area (Å²) in [6, 6.07) is 0. The molecule has 21 heavy (non-hydrogen) atoms. The quantitative estimate of drug-likeness (QED) is 0.722.